The zero-order chi connectivity index (χ0) is 19.1. The van der Waals surface area contributed by atoms with Gasteiger partial charge in [-0.25, -0.2) is 9.97 Å². The van der Waals surface area contributed by atoms with Gasteiger partial charge >= 0.3 is 0 Å². The van der Waals surface area contributed by atoms with Gasteiger partial charge in [0.15, 0.2) is 5.82 Å². The molecule has 27 heavy (non-hydrogen) atoms. The summed E-state index contributed by atoms with van der Waals surface area (Å²) in [5, 5.41) is 4.59. The maximum Gasteiger partial charge on any atom is 0.152 e. The lowest BCUT2D eigenvalue weighted by Gasteiger charge is -2.11. The van der Waals surface area contributed by atoms with Gasteiger partial charge in [-0.3, -0.25) is 0 Å². The molecule has 6 nitrogen and oxygen atoms in total. The first-order valence-electron chi connectivity index (χ1n) is 10.2. The average Bonchev–Trinajstić information content (AvgIpc) is 3.05. The van der Waals surface area contributed by atoms with E-state index in [2.05, 4.69) is 33.9 Å². The first-order valence-corrected chi connectivity index (χ1v) is 10.2. The van der Waals surface area contributed by atoms with E-state index in [1.165, 1.54) is 0 Å². The Bertz CT molecular complexity index is 870. The second kappa shape index (κ2) is 9.67. The molecule has 0 aliphatic heterocycles. The lowest BCUT2D eigenvalue weighted by Crippen LogP contribution is -2.19. The third-order valence-corrected chi connectivity index (χ3v) is 4.99. The van der Waals surface area contributed by atoms with Crippen LogP contribution >= 0.6 is 0 Å². The fourth-order valence-electron chi connectivity index (χ4n) is 3.54. The van der Waals surface area contributed by atoms with Crippen LogP contribution in [-0.2, 0) is 13.0 Å². The molecule has 2 aromatic heterocycles. The number of nitrogens with zero attached hydrogens (tertiary/aromatic N) is 3. The molecule has 0 atom stereocenters. The number of hydrogen-bond donors (Lipinski definition) is 3. The third-order valence-electron chi connectivity index (χ3n) is 4.99. The molecule has 6 heteroatoms. The van der Waals surface area contributed by atoms with Crippen LogP contribution in [0.3, 0.4) is 0 Å². The van der Waals surface area contributed by atoms with Gasteiger partial charge in [0.05, 0.1) is 11.0 Å². The lowest BCUT2D eigenvalue weighted by atomic mass is 10.2. The molecular formula is C21H32N6. The fourth-order valence-corrected chi connectivity index (χ4v) is 3.54. The van der Waals surface area contributed by atoms with E-state index in [4.69, 9.17) is 16.5 Å². The Balaban J connectivity index is 1.86. The van der Waals surface area contributed by atoms with E-state index in [1.807, 2.05) is 12.1 Å². The van der Waals surface area contributed by atoms with Crippen LogP contribution in [0.1, 0.15) is 44.9 Å². The van der Waals surface area contributed by atoms with Gasteiger partial charge in [0.25, 0.3) is 0 Å². The Hall–Kier alpha value is -2.18. The van der Waals surface area contributed by atoms with E-state index in [9.17, 15) is 0 Å². The molecule has 0 radical (unpaired) electrons. The van der Waals surface area contributed by atoms with Crippen molar-refractivity contribution in [3.8, 4) is 0 Å². The number of nitrogens with one attached hydrogen (secondary N) is 1. The van der Waals surface area contributed by atoms with Crippen LogP contribution in [0.5, 0.6) is 0 Å². The van der Waals surface area contributed by atoms with Crippen molar-refractivity contribution >= 4 is 27.8 Å². The molecular weight excluding hydrogens is 336 g/mol. The summed E-state index contributed by atoms with van der Waals surface area (Å²) in [6.07, 6.45) is 6.55. The molecule has 0 spiro atoms. The molecule has 3 rings (SSSR count). The van der Waals surface area contributed by atoms with Crippen LogP contribution in [0.4, 0.5) is 5.82 Å². The van der Waals surface area contributed by atoms with Crippen LogP contribution in [0.25, 0.3) is 21.9 Å². The number of fused-ring (bicyclic) bond motifs is 3. The molecule has 0 amide bonds. The highest BCUT2D eigenvalue weighted by atomic mass is 15.1. The summed E-state index contributed by atoms with van der Waals surface area (Å²) in [6, 6.07) is 8.21. The summed E-state index contributed by atoms with van der Waals surface area (Å²) in [6.45, 7) is 5.95. The number of aromatic nitrogens is 3. The van der Waals surface area contributed by atoms with Crippen LogP contribution in [0.2, 0.25) is 0 Å². The molecule has 0 fully saturated rings. The third kappa shape index (κ3) is 4.57. The Morgan fingerprint density at radius 3 is 2.67 bits per heavy atom. The highest BCUT2D eigenvalue weighted by Crippen LogP contribution is 2.29. The SMILES string of the molecule is CCCCc1nc2c(N)nc3ccccc3c2n1CCCCNCCCN. The number of nitrogen functional groups attached to an aromatic ring is 1. The Labute approximate surface area is 161 Å². The topological polar surface area (TPSA) is 94.8 Å². The van der Waals surface area contributed by atoms with E-state index in [-0.39, 0.29) is 0 Å². The summed E-state index contributed by atoms with van der Waals surface area (Å²) in [4.78, 5) is 9.44. The van der Waals surface area contributed by atoms with Gasteiger partial charge in [-0.05, 0) is 51.4 Å². The highest BCUT2D eigenvalue weighted by Gasteiger charge is 2.16. The molecule has 5 N–H and O–H groups in total. The van der Waals surface area contributed by atoms with Gasteiger partial charge in [0.1, 0.15) is 11.3 Å². The predicted octanol–water partition coefficient (Wildman–Crippen LogP) is 3.23. The van der Waals surface area contributed by atoms with E-state index < -0.39 is 0 Å². The number of hydrogen-bond acceptors (Lipinski definition) is 5. The average molecular weight is 369 g/mol. The maximum atomic E-state index is 6.25. The van der Waals surface area contributed by atoms with Gasteiger partial charge in [0, 0.05) is 18.4 Å². The Morgan fingerprint density at radius 1 is 1.04 bits per heavy atom. The monoisotopic (exact) mass is 368 g/mol. The van der Waals surface area contributed by atoms with Crippen molar-refractivity contribution in [3.63, 3.8) is 0 Å². The Kier molecular flexibility index (Phi) is 7.01. The number of rotatable bonds is 11. The number of aryl methyl sites for hydroxylation is 2. The normalized spacial score (nSPS) is 11.6. The minimum atomic E-state index is 0.531. The van der Waals surface area contributed by atoms with Crippen LogP contribution in [-0.4, -0.2) is 34.2 Å². The molecule has 0 saturated carbocycles. The number of nitrogens with two attached hydrogens (primary N) is 2. The minimum Gasteiger partial charge on any atom is -0.382 e. The van der Waals surface area contributed by atoms with E-state index in [1.54, 1.807) is 0 Å². The Morgan fingerprint density at radius 2 is 1.85 bits per heavy atom. The summed E-state index contributed by atoms with van der Waals surface area (Å²) < 4.78 is 2.38. The number of pyridine rings is 1. The fraction of sp³-hybridized carbons (Fsp3) is 0.524. The van der Waals surface area contributed by atoms with Gasteiger partial charge in [-0.2, -0.15) is 0 Å². The zero-order valence-corrected chi connectivity index (χ0v) is 16.4. The molecule has 0 saturated heterocycles. The number of anilines is 1. The summed E-state index contributed by atoms with van der Waals surface area (Å²) in [7, 11) is 0. The molecule has 3 aromatic rings. The standard InChI is InChI=1S/C21H32N6/c1-2-3-11-18-26-19-20(16-9-4-5-10-17(16)25-21(19)23)27(18)15-7-6-13-24-14-8-12-22/h4-5,9-10,24H,2-3,6-8,11-15,22H2,1H3,(H2,23,25). The van der Waals surface area contributed by atoms with Gasteiger partial charge in [-0.15, -0.1) is 0 Å². The summed E-state index contributed by atoms with van der Waals surface area (Å²) in [5.41, 5.74) is 14.7. The van der Waals surface area contributed by atoms with Crippen molar-refractivity contribution in [2.45, 2.75) is 52.0 Å². The van der Waals surface area contributed by atoms with Crippen molar-refractivity contribution in [1.29, 1.82) is 0 Å². The molecule has 0 unspecified atom stereocenters. The van der Waals surface area contributed by atoms with Crippen LogP contribution < -0.4 is 16.8 Å². The second-order valence-corrected chi connectivity index (χ2v) is 7.09. The summed E-state index contributed by atoms with van der Waals surface area (Å²) >= 11 is 0. The van der Waals surface area contributed by atoms with Crippen molar-refractivity contribution in [3.05, 3.63) is 30.1 Å². The number of benzene rings is 1. The van der Waals surface area contributed by atoms with Crippen molar-refractivity contribution in [1.82, 2.24) is 19.9 Å². The van der Waals surface area contributed by atoms with Crippen LogP contribution in [0, 0.1) is 0 Å². The van der Waals surface area contributed by atoms with Gasteiger partial charge < -0.3 is 21.4 Å². The van der Waals surface area contributed by atoms with Crippen molar-refractivity contribution < 1.29 is 0 Å². The van der Waals surface area contributed by atoms with E-state index in [0.717, 1.165) is 92.5 Å². The molecule has 0 aliphatic rings. The number of para-hydroxylation sites is 1. The van der Waals surface area contributed by atoms with Crippen molar-refractivity contribution in [2.24, 2.45) is 5.73 Å². The summed E-state index contributed by atoms with van der Waals surface area (Å²) in [5.74, 6) is 1.66. The quantitative estimate of drug-likeness (QED) is 0.452. The first-order chi connectivity index (χ1) is 13.3. The number of imidazole rings is 1. The molecule has 0 bridgehead atoms. The van der Waals surface area contributed by atoms with E-state index in [0.29, 0.717) is 5.82 Å². The molecule has 1 aromatic carbocycles. The largest absolute Gasteiger partial charge is 0.382 e. The minimum absolute atomic E-state index is 0.531. The lowest BCUT2D eigenvalue weighted by molar-refractivity contribution is 0.554. The smallest absolute Gasteiger partial charge is 0.152 e. The molecule has 2 heterocycles. The number of unbranched alkanes of at least 4 members (excludes halogenated alkanes) is 2. The maximum absolute atomic E-state index is 6.25. The van der Waals surface area contributed by atoms with Crippen molar-refractivity contribution in [2.75, 3.05) is 25.4 Å². The molecule has 146 valence electrons. The first kappa shape index (κ1) is 19.6. The van der Waals surface area contributed by atoms with Crippen LogP contribution in [0.15, 0.2) is 24.3 Å². The van der Waals surface area contributed by atoms with Gasteiger partial charge in [-0.1, -0.05) is 31.5 Å². The zero-order valence-electron chi connectivity index (χ0n) is 16.4. The highest BCUT2D eigenvalue weighted by molar-refractivity contribution is 6.06. The second-order valence-electron chi connectivity index (χ2n) is 7.09. The van der Waals surface area contributed by atoms with Gasteiger partial charge in [0.2, 0.25) is 0 Å². The van der Waals surface area contributed by atoms with E-state index >= 15 is 0 Å². The molecule has 0 aliphatic carbocycles. The predicted molar refractivity (Wildman–Crippen MR) is 114 cm³/mol.